The zero-order chi connectivity index (χ0) is 44.6. The Bertz CT molecular complexity index is 2370. The number of hydrogen-bond donors (Lipinski definition) is 1. The van der Waals surface area contributed by atoms with Crippen molar-refractivity contribution in [2.24, 2.45) is 0 Å². The van der Waals surface area contributed by atoms with Crippen LogP contribution in [0.4, 0.5) is 4.39 Å². The van der Waals surface area contributed by atoms with Crippen LogP contribution < -0.4 is 0 Å². The number of halogens is 1. The highest BCUT2D eigenvalue weighted by atomic mass is 32.1. The highest BCUT2D eigenvalue weighted by Gasteiger charge is 2.36. The summed E-state index contributed by atoms with van der Waals surface area (Å²) in [6.45, 7) is 12.7. The lowest BCUT2D eigenvalue weighted by Gasteiger charge is -2.37. The minimum absolute atomic E-state index is 0.0206. The molecule has 2 fully saturated rings. The second-order valence-electron chi connectivity index (χ2n) is 16.0. The van der Waals surface area contributed by atoms with Gasteiger partial charge in [-0.1, -0.05) is 24.3 Å². The lowest BCUT2D eigenvalue weighted by atomic mass is 9.92. The number of piperidine rings is 2. The van der Waals surface area contributed by atoms with Crippen LogP contribution in [-0.4, -0.2) is 115 Å². The minimum atomic E-state index is -1.01. The van der Waals surface area contributed by atoms with Gasteiger partial charge in [0.15, 0.2) is 0 Å². The van der Waals surface area contributed by atoms with Gasteiger partial charge < -0.3 is 19.6 Å². The van der Waals surface area contributed by atoms with E-state index in [0.717, 1.165) is 36.5 Å². The summed E-state index contributed by atoms with van der Waals surface area (Å²) >= 11 is 2.60. The predicted molar refractivity (Wildman–Crippen MR) is 230 cm³/mol. The van der Waals surface area contributed by atoms with Crippen LogP contribution in [0.3, 0.4) is 0 Å². The molecule has 4 aromatic heterocycles. The molecule has 6 aromatic rings. The van der Waals surface area contributed by atoms with E-state index in [0.29, 0.717) is 46.4 Å². The van der Waals surface area contributed by atoms with E-state index in [1.165, 1.54) is 32.7 Å². The van der Waals surface area contributed by atoms with E-state index in [1.807, 2.05) is 72.2 Å². The first-order valence-electron chi connectivity index (χ1n) is 20.7. The SMILES string of the molecule is COC(C)(C)c1nc([C@@H]2CC[C@@H](C)N(C(=O)c3ccccc3-n3nccn3)C2)ns1.C[C@@H]1CC[C@@H](c2nsc(C(C)(C)O)n2)CN1C(=O)c1ccccc1-n1nccn1.[2H]CF. The second kappa shape index (κ2) is 19.6. The van der Waals surface area contributed by atoms with Gasteiger partial charge in [-0.2, -0.15) is 38.7 Å². The number of methoxy groups -OCH3 is 1. The zero-order valence-electron chi connectivity index (χ0n) is 36.4. The largest absolute Gasteiger partial charge is 0.383 e. The summed E-state index contributed by atoms with van der Waals surface area (Å²) in [5, 5.41) is 28.4. The summed E-state index contributed by atoms with van der Waals surface area (Å²) in [5.74, 6) is 1.60. The van der Waals surface area contributed by atoms with Gasteiger partial charge in [0.1, 0.15) is 32.9 Å². The van der Waals surface area contributed by atoms with E-state index in [9.17, 15) is 19.1 Å². The number of hydrogen-bond acceptors (Lipinski definition) is 14. The Kier molecular flexibility index (Phi) is 14.0. The Labute approximate surface area is 364 Å². The van der Waals surface area contributed by atoms with Crippen molar-refractivity contribution in [3.8, 4) is 11.4 Å². The number of likely N-dealkylation sites (tertiary alicyclic amines) is 2. The summed E-state index contributed by atoms with van der Waals surface area (Å²) in [6.07, 6.45) is 10.0. The molecule has 4 atom stereocenters. The standard InChI is InChI=1S/C21H26N6O2S.C20H24N6O2S.CH3F/c1-14-9-10-15(18-24-20(30-25-18)21(2,3)29-4)13-26(14)19(28)16-7-5-6-8-17(16)27-22-11-12-23-27;1-13-8-9-14(17-23-19(29-24-17)20(2,3)28)12-25(13)18(27)15-6-4-5-7-16(15)26-21-10-11-22-26;1-2/h5-8,11-12,14-15H,9-10,13H2,1-4H3;4-7,10-11,13-14,28H,8-9,12H2,1-3H3;1H3/t14-,15-;13-,14-;/m11./s1/i;;1D. The number of amides is 2. The molecule has 0 radical (unpaired) electrons. The van der Waals surface area contributed by atoms with Gasteiger partial charge in [0, 0.05) is 44.1 Å². The van der Waals surface area contributed by atoms with Crippen LogP contribution in [0.2, 0.25) is 0 Å². The number of benzene rings is 2. The summed E-state index contributed by atoms with van der Waals surface area (Å²) in [4.78, 5) is 43.0. The molecule has 2 amide bonds. The molecule has 0 aliphatic carbocycles. The van der Waals surface area contributed by atoms with Crippen molar-refractivity contribution in [2.45, 2.75) is 102 Å². The first-order chi connectivity index (χ1) is 29.7. The van der Waals surface area contributed by atoms with E-state index in [2.05, 4.69) is 48.0 Å². The Morgan fingerprint density at radius 2 is 1.11 bits per heavy atom. The number of carbonyl (C=O) groups excluding carboxylic acids is 2. The van der Waals surface area contributed by atoms with E-state index >= 15 is 0 Å². The number of aliphatic hydroxyl groups is 1. The van der Waals surface area contributed by atoms with Gasteiger partial charge in [-0.05, 0) is 115 Å². The van der Waals surface area contributed by atoms with Gasteiger partial charge in [-0.15, -0.1) is 0 Å². The maximum Gasteiger partial charge on any atom is 0.256 e. The first kappa shape index (κ1) is 43.7. The van der Waals surface area contributed by atoms with Crippen molar-refractivity contribution in [2.75, 3.05) is 27.4 Å². The third kappa shape index (κ3) is 10.2. The van der Waals surface area contributed by atoms with Crippen LogP contribution >= 0.6 is 23.1 Å². The summed E-state index contributed by atoms with van der Waals surface area (Å²) in [6, 6.07) is 15.1. The lowest BCUT2D eigenvalue weighted by Crippen LogP contribution is -2.45. The number of aromatic nitrogens is 10. The van der Waals surface area contributed by atoms with Crippen LogP contribution in [0.1, 0.15) is 123 Å². The molecular weight excluding hydrogens is 820 g/mol. The quantitative estimate of drug-likeness (QED) is 0.162. The fraction of sp³-hybridized carbons (Fsp3) is 0.476. The molecule has 0 saturated carbocycles. The van der Waals surface area contributed by atoms with Crippen LogP contribution in [0.15, 0.2) is 73.3 Å². The molecule has 2 aromatic carbocycles. The number of alkyl halides is 1. The molecule has 0 spiro atoms. The number of para-hydroxylation sites is 2. The van der Waals surface area contributed by atoms with Gasteiger partial charge in [-0.3, -0.25) is 14.0 Å². The molecule has 1 N–H and O–H groups in total. The van der Waals surface area contributed by atoms with Crippen LogP contribution in [0, 0.1) is 0 Å². The van der Waals surface area contributed by atoms with E-state index in [-0.39, 0.29) is 35.7 Å². The lowest BCUT2D eigenvalue weighted by molar-refractivity contribution is 0.0187. The van der Waals surface area contributed by atoms with Crippen molar-refractivity contribution in [3.05, 3.63) is 106 Å². The van der Waals surface area contributed by atoms with Gasteiger partial charge in [0.2, 0.25) is 0 Å². The Hall–Kier alpha value is -5.37. The summed E-state index contributed by atoms with van der Waals surface area (Å²) in [7, 11) is 0.676. The van der Waals surface area contributed by atoms with Gasteiger partial charge in [0.05, 0.1) is 55.8 Å². The smallest absolute Gasteiger partial charge is 0.256 e. The van der Waals surface area contributed by atoms with E-state index in [4.69, 9.17) is 11.1 Å². The topological polar surface area (TPSA) is 183 Å². The minimum Gasteiger partial charge on any atom is -0.383 e. The average molecular weight is 874 g/mol. The number of ether oxygens (including phenoxy) is 1. The fourth-order valence-electron chi connectivity index (χ4n) is 7.23. The molecule has 2 aliphatic heterocycles. The predicted octanol–water partition coefficient (Wildman–Crippen LogP) is 6.75. The number of rotatable bonds is 9. The molecule has 16 nitrogen and oxygen atoms in total. The van der Waals surface area contributed by atoms with Crippen molar-refractivity contribution >= 4 is 34.9 Å². The molecule has 0 bridgehead atoms. The molecule has 61 heavy (non-hydrogen) atoms. The Morgan fingerprint density at radius 3 is 1.51 bits per heavy atom. The van der Waals surface area contributed by atoms with Crippen LogP contribution in [0.25, 0.3) is 11.4 Å². The normalized spacial score (nSPS) is 19.6. The molecule has 0 unspecified atom stereocenters. The third-order valence-corrected chi connectivity index (χ3v) is 13.1. The second-order valence-corrected chi connectivity index (χ2v) is 17.5. The van der Waals surface area contributed by atoms with Crippen molar-refractivity contribution < 1.29 is 25.2 Å². The maximum absolute atomic E-state index is 13.5. The maximum atomic E-state index is 13.5. The van der Waals surface area contributed by atoms with Gasteiger partial charge >= 0.3 is 0 Å². The van der Waals surface area contributed by atoms with Crippen molar-refractivity contribution in [3.63, 3.8) is 0 Å². The number of carbonyl (C=O) groups is 2. The van der Waals surface area contributed by atoms with Crippen LogP contribution in [0.5, 0.6) is 0 Å². The summed E-state index contributed by atoms with van der Waals surface area (Å²) in [5.41, 5.74) is 1.02. The summed E-state index contributed by atoms with van der Waals surface area (Å²) < 4.78 is 30.1. The van der Waals surface area contributed by atoms with Gasteiger partial charge in [-0.25, -0.2) is 9.97 Å². The number of nitrogens with zero attached hydrogens (tertiary/aromatic N) is 12. The Morgan fingerprint density at radius 1 is 0.721 bits per heavy atom. The molecule has 324 valence electrons. The Balaban J connectivity index is 0.000000195. The molecule has 2 aliphatic rings. The monoisotopic (exact) mass is 873 g/mol. The molecule has 8 rings (SSSR count). The highest BCUT2D eigenvalue weighted by Crippen LogP contribution is 2.35. The highest BCUT2D eigenvalue weighted by molar-refractivity contribution is 7.05. The third-order valence-electron chi connectivity index (χ3n) is 11.0. The van der Waals surface area contributed by atoms with Crippen LogP contribution in [-0.2, 0) is 15.9 Å². The molecule has 2 saturated heterocycles. The van der Waals surface area contributed by atoms with Gasteiger partial charge in [0.25, 0.3) is 11.8 Å². The first-order valence-corrected chi connectivity index (χ1v) is 21.6. The van der Waals surface area contributed by atoms with Crippen molar-refractivity contribution in [1.82, 2.24) is 58.5 Å². The van der Waals surface area contributed by atoms with E-state index < -0.39 is 18.4 Å². The van der Waals surface area contributed by atoms with E-state index in [1.54, 1.807) is 45.7 Å². The van der Waals surface area contributed by atoms with Crippen molar-refractivity contribution in [1.29, 1.82) is 0 Å². The molecule has 6 heterocycles. The zero-order valence-corrected chi connectivity index (χ0v) is 37.1. The fourth-order valence-corrected chi connectivity index (χ4v) is 8.77. The molecular formula is C42H53FN12O4S2. The molecule has 19 heteroatoms. The average Bonchev–Trinajstić information content (AvgIpc) is 4.12.